The molecule has 0 aromatic rings. The first-order valence-electron chi connectivity index (χ1n) is 4.78. The molecule has 0 aromatic carbocycles. The average Bonchev–Trinajstić information content (AvgIpc) is 2.25. The molecule has 0 aliphatic rings. The lowest BCUT2D eigenvalue weighted by molar-refractivity contribution is -0.140. The number of esters is 1. The number of nitriles is 1. The van der Waals surface area contributed by atoms with E-state index in [9.17, 15) is 13.2 Å². The van der Waals surface area contributed by atoms with Crippen LogP contribution in [0.1, 0.15) is 26.7 Å². The number of hydrogen-bond acceptors (Lipinski definition) is 5. The third-order valence-electron chi connectivity index (χ3n) is 2.14. The second kappa shape index (κ2) is 5.82. The summed E-state index contributed by atoms with van der Waals surface area (Å²) < 4.78 is 29.6. The zero-order valence-electron chi connectivity index (χ0n) is 9.61. The van der Waals surface area contributed by atoms with E-state index in [1.807, 2.05) is 6.07 Å². The van der Waals surface area contributed by atoms with Gasteiger partial charge in [-0.15, -0.1) is 0 Å². The monoisotopic (exact) mass is 248 g/mol. The van der Waals surface area contributed by atoms with Gasteiger partial charge in [-0.3, -0.25) is 4.79 Å². The number of nitrogens with zero attached hydrogens (tertiary/aromatic N) is 1. The van der Waals surface area contributed by atoms with Crippen molar-refractivity contribution in [2.45, 2.75) is 32.2 Å². The van der Waals surface area contributed by atoms with Crippen LogP contribution in [-0.2, 0) is 19.6 Å². The van der Waals surface area contributed by atoms with Crippen LogP contribution in [-0.4, -0.2) is 32.8 Å². The number of carbonyl (C=O) groups is 1. The van der Waals surface area contributed by atoms with Gasteiger partial charge in [-0.1, -0.05) is 6.92 Å². The molecule has 1 N–H and O–H groups in total. The van der Waals surface area contributed by atoms with E-state index in [4.69, 9.17) is 5.26 Å². The Kier molecular flexibility index (Phi) is 5.41. The molecule has 0 aromatic heterocycles. The lowest BCUT2D eigenvalue weighted by Gasteiger charge is -2.20. The van der Waals surface area contributed by atoms with Gasteiger partial charge in [0.1, 0.15) is 5.54 Å². The molecule has 0 spiro atoms. The Morgan fingerprint density at radius 2 is 2.12 bits per heavy atom. The third kappa shape index (κ3) is 5.09. The molecule has 0 radical (unpaired) electrons. The van der Waals surface area contributed by atoms with Gasteiger partial charge in [0.05, 0.1) is 25.4 Å². The van der Waals surface area contributed by atoms with Gasteiger partial charge in [-0.2, -0.15) is 9.98 Å². The molecule has 1 atom stereocenters. The van der Waals surface area contributed by atoms with Gasteiger partial charge in [-0.05, 0) is 13.3 Å². The maximum Gasteiger partial charge on any atom is 0.306 e. The molecule has 0 saturated heterocycles. The zero-order chi connectivity index (χ0) is 12.8. The fourth-order valence-corrected chi connectivity index (χ4v) is 2.30. The molecule has 0 amide bonds. The highest BCUT2D eigenvalue weighted by Gasteiger charge is 2.27. The molecule has 0 rings (SSSR count). The topological polar surface area (TPSA) is 96.3 Å². The van der Waals surface area contributed by atoms with Crippen molar-refractivity contribution in [3.63, 3.8) is 0 Å². The average molecular weight is 248 g/mol. The zero-order valence-corrected chi connectivity index (χ0v) is 10.4. The summed E-state index contributed by atoms with van der Waals surface area (Å²) in [6.07, 6.45) is 0.123. The molecule has 16 heavy (non-hydrogen) atoms. The second-order valence-corrected chi connectivity index (χ2v) is 5.39. The quantitative estimate of drug-likeness (QED) is 0.675. The van der Waals surface area contributed by atoms with Gasteiger partial charge >= 0.3 is 5.97 Å². The minimum atomic E-state index is -3.64. The maximum atomic E-state index is 11.5. The van der Waals surface area contributed by atoms with Crippen LogP contribution in [0, 0.1) is 11.3 Å². The van der Waals surface area contributed by atoms with Gasteiger partial charge in [0.25, 0.3) is 0 Å². The van der Waals surface area contributed by atoms with Crippen molar-refractivity contribution in [1.29, 1.82) is 5.26 Å². The standard InChI is InChI=1S/C9H16N2O4S/c1-4-9(2,7-10)11-16(13,14)6-5-8(12)15-3/h11H,4-6H2,1-3H3. The van der Waals surface area contributed by atoms with Crippen LogP contribution in [0.4, 0.5) is 0 Å². The van der Waals surface area contributed by atoms with E-state index in [-0.39, 0.29) is 12.2 Å². The van der Waals surface area contributed by atoms with Crippen LogP contribution >= 0.6 is 0 Å². The molecule has 92 valence electrons. The minimum absolute atomic E-state index is 0.225. The molecule has 0 aliphatic heterocycles. The summed E-state index contributed by atoms with van der Waals surface area (Å²) in [6.45, 7) is 3.19. The van der Waals surface area contributed by atoms with E-state index < -0.39 is 21.5 Å². The van der Waals surface area contributed by atoms with E-state index in [0.717, 1.165) is 0 Å². The fourth-order valence-electron chi connectivity index (χ4n) is 0.888. The number of hydrogen-bond donors (Lipinski definition) is 1. The van der Waals surface area contributed by atoms with Gasteiger partial charge in [-0.25, -0.2) is 8.42 Å². The van der Waals surface area contributed by atoms with Crippen LogP contribution in [0.2, 0.25) is 0 Å². The molecule has 0 aliphatic carbocycles. The molecule has 1 unspecified atom stereocenters. The van der Waals surface area contributed by atoms with Gasteiger partial charge in [0.2, 0.25) is 10.0 Å². The fraction of sp³-hybridized carbons (Fsp3) is 0.778. The predicted octanol–water partition coefficient (Wildman–Crippen LogP) is 0.161. The van der Waals surface area contributed by atoms with Crippen LogP contribution in [0.3, 0.4) is 0 Å². The predicted molar refractivity (Wildman–Crippen MR) is 57.9 cm³/mol. The first kappa shape index (κ1) is 14.9. The number of nitrogens with one attached hydrogen (secondary N) is 1. The second-order valence-electron chi connectivity index (χ2n) is 3.54. The molecule has 6 nitrogen and oxygen atoms in total. The molecular weight excluding hydrogens is 232 g/mol. The van der Waals surface area contributed by atoms with E-state index >= 15 is 0 Å². The largest absolute Gasteiger partial charge is 0.469 e. The Morgan fingerprint density at radius 1 is 1.56 bits per heavy atom. The highest BCUT2D eigenvalue weighted by atomic mass is 32.2. The Balaban J connectivity index is 4.48. The number of ether oxygens (including phenoxy) is 1. The van der Waals surface area contributed by atoms with Crippen LogP contribution in [0.25, 0.3) is 0 Å². The number of methoxy groups -OCH3 is 1. The van der Waals surface area contributed by atoms with Gasteiger partial charge < -0.3 is 4.74 Å². The molecule has 0 bridgehead atoms. The maximum absolute atomic E-state index is 11.5. The van der Waals surface area contributed by atoms with Crippen LogP contribution in [0.15, 0.2) is 0 Å². The highest BCUT2D eigenvalue weighted by molar-refractivity contribution is 7.89. The first-order valence-corrected chi connectivity index (χ1v) is 6.43. The van der Waals surface area contributed by atoms with E-state index in [1.54, 1.807) is 6.92 Å². The number of rotatable bonds is 6. The highest BCUT2D eigenvalue weighted by Crippen LogP contribution is 2.09. The SMILES string of the molecule is CCC(C)(C#N)NS(=O)(=O)CCC(=O)OC. The van der Waals surface area contributed by atoms with Crippen LogP contribution < -0.4 is 4.72 Å². The summed E-state index contributed by atoms with van der Waals surface area (Å²) >= 11 is 0. The summed E-state index contributed by atoms with van der Waals surface area (Å²) in [5, 5.41) is 8.80. The Bertz CT molecular complexity index is 385. The summed E-state index contributed by atoms with van der Waals surface area (Å²) in [6, 6.07) is 1.88. The number of carbonyl (C=O) groups excluding carboxylic acids is 1. The third-order valence-corrected chi connectivity index (χ3v) is 3.64. The molecule has 7 heteroatoms. The van der Waals surface area contributed by atoms with Gasteiger partial charge in [0.15, 0.2) is 0 Å². The van der Waals surface area contributed by atoms with Crippen LogP contribution in [0.5, 0.6) is 0 Å². The summed E-state index contributed by atoms with van der Waals surface area (Å²) in [5.74, 6) is -0.975. The van der Waals surface area contributed by atoms with E-state index in [0.29, 0.717) is 6.42 Å². The van der Waals surface area contributed by atoms with Crippen molar-refractivity contribution >= 4 is 16.0 Å². The number of sulfonamides is 1. The van der Waals surface area contributed by atoms with Crippen molar-refractivity contribution in [3.05, 3.63) is 0 Å². The molecule has 0 fully saturated rings. The Labute approximate surface area is 95.6 Å². The summed E-state index contributed by atoms with van der Waals surface area (Å²) in [7, 11) is -2.45. The first-order chi connectivity index (χ1) is 7.28. The Morgan fingerprint density at radius 3 is 2.50 bits per heavy atom. The molecule has 0 heterocycles. The van der Waals surface area contributed by atoms with Crippen molar-refractivity contribution < 1.29 is 17.9 Å². The molecular formula is C9H16N2O4S. The summed E-state index contributed by atoms with van der Waals surface area (Å²) in [4.78, 5) is 10.8. The lowest BCUT2D eigenvalue weighted by atomic mass is 10.0. The Hall–Kier alpha value is -1.13. The van der Waals surface area contributed by atoms with Crippen molar-refractivity contribution in [3.8, 4) is 6.07 Å². The van der Waals surface area contributed by atoms with Crippen molar-refractivity contribution in [2.24, 2.45) is 0 Å². The summed E-state index contributed by atoms with van der Waals surface area (Å²) in [5.41, 5.74) is -1.13. The van der Waals surface area contributed by atoms with E-state index in [1.165, 1.54) is 14.0 Å². The minimum Gasteiger partial charge on any atom is -0.469 e. The van der Waals surface area contributed by atoms with E-state index in [2.05, 4.69) is 9.46 Å². The lowest BCUT2D eigenvalue weighted by Crippen LogP contribution is -2.45. The smallest absolute Gasteiger partial charge is 0.306 e. The van der Waals surface area contributed by atoms with Crippen molar-refractivity contribution in [1.82, 2.24) is 4.72 Å². The molecule has 0 saturated carbocycles. The van der Waals surface area contributed by atoms with Gasteiger partial charge in [0, 0.05) is 0 Å². The normalized spacial score (nSPS) is 14.9. The van der Waals surface area contributed by atoms with Crippen molar-refractivity contribution in [2.75, 3.05) is 12.9 Å².